The highest BCUT2D eigenvalue weighted by molar-refractivity contribution is 7.49. The Morgan fingerprint density at radius 3 is 1.96 bits per heavy atom. The van der Waals surface area contributed by atoms with Crippen molar-refractivity contribution in [3.8, 4) is 11.5 Å². The third kappa shape index (κ3) is 12.8. The summed E-state index contributed by atoms with van der Waals surface area (Å²) in [5.41, 5.74) is -0.488. The Morgan fingerprint density at radius 1 is 0.889 bits per heavy atom. The molecular formula is C43H59N2O8P. The zero-order valence-corrected chi connectivity index (χ0v) is 33.6. The van der Waals surface area contributed by atoms with Gasteiger partial charge in [0, 0.05) is 23.5 Å². The van der Waals surface area contributed by atoms with E-state index in [1.165, 1.54) is 5.06 Å². The second-order valence-corrected chi connectivity index (χ2v) is 17.2. The number of hydroxylamine groups is 2. The predicted molar refractivity (Wildman–Crippen MR) is 211 cm³/mol. The molecule has 3 aromatic carbocycles. The van der Waals surface area contributed by atoms with E-state index in [9.17, 15) is 19.4 Å². The second kappa shape index (κ2) is 19.6. The average Bonchev–Trinajstić information content (AvgIpc) is 3.14. The molecule has 294 valence electrons. The number of amides is 1. The number of benzene rings is 3. The maximum Gasteiger partial charge on any atom is 0.587 e. The van der Waals surface area contributed by atoms with Gasteiger partial charge in [0.2, 0.25) is 5.91 Å². The number of nitrogens with zero attached hydrogens (tertiary/aromatic N) is 1. The summed E-state index contributed by atoms with van der Waals surface area (Å²) < 4.78 is 36.3. The summed E-state index contributed by atoms with van der Waals surface area (Å²) in [5, 5.41) is 15.2. The molecule has 2 atom stereocenters. The van der Waals surface area contributed by atoms with Crippen molar-refractivity contribution in [2.24, 2.45) is 5.41 Å². The maximum absolute atomic E-state index is 13.6. The molecule has 1 heterocycles. The van der Waals surface area contributed by atoms with E-state index < -0.39 is 24.3 Å². The van der Waals surface area contributed by atoms with Gasteiger partial charge in [0.15, 0.2) is 0 Å². The fourth-order valence-electron chi connectivity index (χ4n) is 7.16. The Balaban J connectivity index is 1.28. The Morgan fingerprint density at radius 2 is 1.43 bits per heavy atom. The van der Waals surface area contributed by atoms with Crippen LogP contribution in [0, 0.1) is 5.41 Å². The predicted octanol–water partition coefficient (Wildman–Crippen LogP) is 10.0. The van der Waals surface area contributed by atoms with Gasteiger partial charge in [-0.1, -0.05) is 85.8 Å². The van der Waals surface area contributed by atoms with E-state index >= 15 is 0 Å². The molecular weight excluding hydrogens is 703 g/mol. The number of hydrogen-bond acceptors (Lipinski definition) is 9. The second-order valence-electron chi connectivity index (χ2n) is 15.7. The van der Waals surface area contributed by atoms with E-state index in [-0.39, 0.29) is 37.0 Å². The number of ether oxygens (including phenoxy) is 1. The highest BCUT2D eigenvalue weighted by Gasteiger charge is 2.45. The third-order valence-corrected chi connectivity index (χ3v) is 11.5. The SMILES string of the molecule is CCC(C)(CC(C/C=C/CCCC(=O)NC1CC(C)(C)N(O)C(C)(C)C1)c1ccccc1)C(=O)OCCOP(=O)(Oc1ccccc1)Oc1ccccc1. The molecule has 2 N–H and O–H groups in total. The van der Waals surface area contributed by atoms with E-state index in [2.05, 4.69) is 29.6 Å². The van der Waals surface area contributed by atoms with Gasteiger partial charge < -0.3 is 24.3 Å². The zero-order valence-electron chi connectivity index (χ0n) is 32.7. The normalized spacial score (nSPS) is 17.7. The molecule has 1 amide bonds. The highest BCUT2D eigenvalue weighted by atomic mass is 31.2. The van der Waals surface area contributed by atoms with Gasteiger partial charge in [-0.2, -0.15) is 5.06 Å². The van der Waals surface area contributed by atoms with Gasteiger partial charge in [0.05, 0.1) is 12.0 Å². The van der Waals surface area contributed by atoms with Crippen LogP contribution in [-0.2, 0) is 23.4 Å². The van der Waals surface area contributed by atoms with E-state index in [1.54, 1.807) is 48.5 Å². The van der Waals surface area contributed by atoms with Crippen LogP contribution in [0.15, 0.2) is 103 Å². The number of phosphoric acid groups is 1. The lowest BCUT2D eigenvalue weighted by molar-refractivity contribution is -0.246. The van der Waals surface area contributed by atoms with Crippen molar-refractivity contribution in [3.05, 3.63) is 109 Å². The summed E-state index contributed by atoms with van der Waals surface area (Å²) >= 11 is 0. The number of piperidine rings is 1. The summed E-state index contributed by atoms with van der Waals surface area (Å²) in [6.45, 7) is 11.6. The van der Waals surface area contributed by atoms with Gasteiger partial charge in [0.1, 0.15) is 18.1 Å². The molecule has 0 aromatic heterocycles. The van der Waals surface area contributed by atoms with Crippen LogP contribution in [0.1, 0.15) is 104 Å². The van der Waals surface area contributed by atoms with E-state index in [0.717, 1.165) is 24.8 Å². The van der Waals surface area contributed by atoms with Gasteiger partial charge >= 0.3 is 13.8 Å². The number of unbranched alkanes of at least 4 members (excludes halogenated alkanes) is 1. The van der Waals surface area contributed by atoms with Crippen molar-refractivity contribution in [2.75, 3.05) is 13.2 Å². The summed E-state index contributed by atoms with van der Waals surface area (Å²) in [7, 11) is -4.11. The Labute approximate surface area is 321 Å². The van der Waals surface area contributed by atoms with Crippen molar-refractivity contribution in [3.63, 3.8) is 0 Å². The molecule has 54 heavy (non-hydrogen) atoms. The zero-order chi connectivity index (χ0) is 39.2. The summed E-state index contributed by atoms with van der Waals surface area (Å²) in [6, 6.07) is 27.4. The number of esters is 1. The minimum Gasteiger partial charge on any atom is -0.463 e. The van der Waals surface area contributed by atoms with Gasteiger partial charge in [-0.25, -0.2) is 4.57 Å². The number of para-hydroxylation sites is 2. The number of allylic oxidation sites excluding steroid dienone is 2. The number of phosphoric ester groups is 1. The molecule has 0 spiro atoms. The smallest absolute Gasteiger partial charge is 0.463 e. The minimum absolute atomic E-state index is 0.0178. The molecule has 11 heteroatoms. The number of carbonyl (C=O) groups excluding carboxylic acids is 2. The lowest BCUT2D eigenvalue weighted by Gasteiger charge is -2.51. The third-order valence-electron chi connectivity index (χ3n) is 10.1. The number of carbonyl (C=O) groups is 2. The van der Waals surface area contributed by atoms with Gasteiger partial charge in [-0.05, 0) is 115 Å². The van der Waals surface area contributed by atoms with Gasteiger partial charge in [0.25, 0.3) is 0 Å². The fraction of sp³-hybridized carbons (Fsp3) is 0.488. The first-order valence-electron chi connectivity index (χ1n) is 19.0. The van der Waals surface area contributed by atoms with E-state index in [0.29, 0.717) is 43.6 Å². The van der Waals surface area contributed by atoms with Crippen LogP contribution in [0.2, 0.25) is 0 Å². The van der Waals surface area contributed by atoms with Crippen molar-refractivity contribution in [1.82, 2.24) is 10.4 Å². The van der Waals surface area contributed by atoms with Crippen LogP contribution in [0.4, 0.5) is 0 Å². The van der Waals surface area contributed by atoms with Crippen molar-refractivity contribution in [2.45, 2.75) is 116 Å². The minimum atomic E-state index is -4.11. The van der Waals surface area contributed by atoms with Crippen molar-refractivity contribution >= 4 is 19.7 Å². The summed E-state index contributed by atoms with van der Waals surface area (Å²) in [6.07, 6.45) is 9.41. The molecule has 4 rings (SSSR count). The van der Waals surface area contributed by atoms with E-state index in [4.69, 9.17) is 18.3 Å². The Hall–Kier alpha value is -3.95. The number of hydrogen-bond donors (Lipinski definition) is 2. The molecule has 0 saturated carbocycles. The monoisotopic (exact) mass is 762 g/mol. The molecule has 10 nitrogen and oxygen atoms in total. The number of rotatable bonds is 20. The fourth-order valence-corrected chi connectivity index (χ4v) is 8.36. The molecule has 1 aliphatic heterocycles. The van der Waals surface area contributed by atoms with E-state index in [1.807, 2.05) is 71.9 Å². The number of nitrogens with one attached hydrogen (secondary N) is 1. The van der Waals surface area contributed by atoms with Crippen LogP contribution < -0.4 is 14.4 Å². The van der Waals surface area contributed by atoms with Crippen molar-refractivity contribution in [1.29, 1.82) is 0 Å². The van der Waals surface area contributed by atoms with Gasteiger partial charge in [-0.15, -0.1) is 0 Å². The first kappa shape index (κ1) is 42.8. The van der Waals surface area contributed by atoms with Crippen LogP contribution in [0.3, 0.4) is 0 Å². The molecule has 3 aromatic rings. The molecule has 0 bridgehead atoms. The summed E-state index contributed by atoms with van der Waals surface area (Å²) in [5.74, 6) is 0.378. The van der Waals surface area contributed by atoms with Crippen LogP contribution in [0.5, 0.6) is 11.5 Å². The lowest BCUT2D eigenvalue weighted by atomic mass is 9.75. The average molecular weight is 763 g/mol. The van der Waals surface area contributed by atoms with Crippen LogP contribution in [-0.4, -0.2) is 52.5 Å². The first-order valence-corrected chi connectivity index (χ1v) is 20.5. The topological polar surface area (TPSA) is 124 Å². The Bertz CT molecular complexity index is 1620. The first-order chi connectivity index (χ1) is 25.6. The van der Waals surface area contributed by atoms with Gasteiger partial charge in [-0.3, -0.25) is 14.1 Å². The largest absolute Gasteiger partial charge is 0.587 e. The van der Waals surface area contributed by atoms with Crippen molar-refractivity contribution < 1.29 is 37.7 Å². The molecule has 1 saturated heterocycles. The standard InChI is InChI=1S/C43H59N2O8P/c1-7-43(6,40(47)50-29-30-51-54(49,52-37-24-16-11-17-25-37)53-38-26-18-12-19-27-38)31-35(34-21-14-10-15-22-34)23-13-8-9-20-28-39(46)44-36-32-41(2,3)45(48)42(4,5)33-36/h8,10-19,21-22,24-27,35-36,48H,7,9,20,23,28-33H2,1-6H3,(H,44,46)/b13-8+. The lowest BCUT2D eigenvalue weighted by Crippen LogP contribution is -2.62. The quantitative estimate of drug-likeness (QED) is 0.0501. The van der Waals surface area contributed by atoms with Crippen LogP contribution in [0.25, 0.3) is 0 Å². The molecule has 0 radical (unpaired) electrons. The molecule has 1 fully saturated rings. The molecule has 0 aliphatic carbocycles. The summed E-state index contributed by atoms with van der Waals surface area (Å²) in [4.78, 5) is 26.4. The molecule has 2 unspecified atom stereocenters. The Kier molecular flexibility index (Phi) is 15.5. The maximum atomic E-state index is 13.6. The highest BCUT2D eigenvalue weighted by Crippen LogP contribution is 2.49. The van der Waals surface area contributed by atoms with Crippen LogP contribution >= 0.6 is 7.82 Å². The molecule has 1 aliphatic rings.